The zero-order valence-electron chi connectivity index (χ0n) is 10.5. The number of benzene rings is 1. The lowest BCUT2D eigenvalue weighted by Crippen LogP contribution is -2.41. The molecule has 0 radical (unpaired) electrons. The summed E-state index contributed by atoms with van der Waals surface area (Å²) in [6.07, 6.45) is 0.788. The second-order valence-electron chi connectivity index (χ2n) is 5.47. The number of rotatable bonds is 1. The molecular weight excluding hydrogens is 215 g/mol. The summed E-state index contributed by atoms with van der Waals surface area (Å²) in [6.45, 7) is 6.20. The molecule has 0 atom stereocenters. The third kappa shape index (κ3) is 2.43. The maximum absolute atomic E-state index is 12.1. The van der Waals surface area contributed by atoms with Crippen molar-refractivity contribution >= 4 is 18.4 Å². The highest BCUT2D eigenvalue weighted by atomic mass is 16.5. The number of Topliss-reactive ketones (excluding diaryl/α,β-unsaturated/α-hetero) is 1. The quantitative estimate of drug-likeness (QED) is 0.584. The maximum Gasteiger partial charge on any atom is 0.491 e. The molecule has 0 spiro atoms. The van der Waals surface area contributed by atoms with Crippen molar-refractivity contribution in [2.24, 2.45) is 5.41 Å². The van der Waals surface area contributed by atoms with Gasteiger partial charge in [-0.25, -0.2) is 0 Å². The molecule has 17 heavy (non-hydrogen) atoms. The first-order chi connectivity index (χ1) is 7.89. The van der Waals surface area contributed by atoms with Gasteiger partial charge in [0.1, 0.15) is 0 Å². The third-order valence-electron chi connectivity index (χ3n) is 3.00. The number of carbonyl (C=O) groups excluding carboxylic acids is 1. The van der Waals surface area contributed by atoms with Crippen molar-refractivity contribution in [3.63, 3.8) is 0 Å². The van der Waals surface area contributed by atoms with Gasteiger partial charge in [-0.1, -0.05) is 39.0 Å². The highest BCUT2D eigenvalue weighted by molar-refractivity contribution is 6.61. The number of hydrogen-bond acceptors (Lipinski definition) is 3. The first-order valence-electron chi connectivity index (χ1n) is 5.87. The van der Waals surface area contributed by atoms with E-state index >= 15 is 0 Å². The van der Waals surface area contributed by atoms with Gasteiger partial charge >= 0.3 is 7.12 Å². The Hall–Kier alpha value is -1.13. The summed E-state index contributed by atoms with van der Waals surface area (Å²) in [5, 5.41) is 9.74. The van der Waals surface area contributed by atoms with Crippen LogP contribution in [0.4, 0.5) is 0 Å². The van der Waals surface area contributed by atoms with Crippen molar-refractivity contribution in [3.8, 4) is 0 Å². The monoisotopic (exact) mass is 232 g/mol. The summed E-state index contributed by atoms with van der Waals surface area (Å²) < 4.78 is 5.17. The third-order valence-corrected chi connectivity index (χ3v) is 3.00. The fourth-order valence-electron chi connectivity index (χ4n) is 2.00. The van der Waals surface area contributed by atoms with Crippen LogP contribution in [-0.4, -0.2) is 24.5 Å². The highest BCUT2D eigenvalue weighted by Gasteiger charge is 2.28. The number of hydrogen-bond donors (Lipinski definition) is 1. The molecule has 0 saturated carbocycles. The van der Waals surface area contributed by atoms with Crippen LogP contribution in [0.15, 0.2) is 18.2 Å². The van der Waals surface area contributed by atoms with E-state index in [9.17, 15) is 9.82 Å². The molecule has 2 rings (SSSR count). The Balaban J connectivity index is 2.39. The average molecular weight is 232 g/mol. The summed E-state index contributed by atoms with van der Waals surface area (Å²) in [5.74, 6) is 0.0815. The van der Waals surface area contributed by atoms with Crippen LogP contribution in [0.2, 0.25) is 0 Å². The summed E-state index contributed by atoms with van der Waals surface area (Å²) in [5.41, 5.74) is 2.02. The van der Waals surface area contributed by atoms with Crippen LogP contribution in [0.25, 0.3) is 0 Å². The predicted molar refractivity (Wildman–Crippen MR) is 67.5 cm³/mol. The van der Waals surface area contributed by atoms with Gasteiger partial charge in [-0.15, -0.1) is 0 Å². The molecule has 1 aliphatic rings. The van der Waals surface area contributed by atoms with E-state index in [0.29, 0.717) is 12.2 Å². The molecule has 4 heteroatoms. The lowest BCUT2D eigenvalue weighted by molar-refractivity contribution is 0.0858. The highest BCUT2D eigenvalue weighted by Crippen LogP contribution is 2.21. The van der Waals surface area contributed by atoms with Gasteiger partial charge in [-0.05, 0) is 17.4 Å². The number of fused-ring (bicyclic) bond motifs is 1. The van der Waals surface area contributed by atoms with E-state index in [1.54, 1.807) is 6.07 Å². The van der Waals surface area contributed by atoms with Crippen LogP contribution in [-0.2, 0) is 11.1 Å². The summed E-state index contributed by atoms with van der Waals surface area (Å²) in [6, 6.07) is 5.51. The second-order valence-corrected chi connectivity index (χ2v) is 5.47. The molecule has 90 valence electrons. The molecule has 0 aliphatic carbocycles. The van der Waals surface area contributed by atoms with Crippen LogP contribution >= 0.6 is 0 Å². The molecule has 0 saturated heterocycles. The van der Waals surface area contributed by atoms with Gasteiger partial charge in [0.05, 0.1) is 0 Å². The molecule has 0 amide bonds. The summed E-state index contributed by atoms with van der Waals surface area (Å²) in [4.78, 5) is 12.1. The number of ketones is 1. The van der Waals surface area contributed by atoms with Gasteiger partial charge in [-0.2, -0.15) is 0 Å². The van der Waals surface area contributed by atoms with E-state index in [2.05, 4.69) is 0 Å². The van der Waals surface area contributed by atoms with Crippen molar-refractivity contribution < 1.29 is 14.5 Å². The standard InChI is InChI=1S/C13H17BO3/c1-13(2,3)12(15)10-5-4-9-6-7-17-14(16)11(9)8-10/h4-5,8,16H,6-7H2,1-3H3. The zero-order valence-corrected chi connectivity index (χ0v) is 10.5. The molecule has 1 heterocycles. The summed E-state index contributed by atoms with van der Waals surface area (Å²) >= 11 is 0. The Labute approximate surface area is 102 Å². The first kappa shape index (κ1) is 12.3. The van der Waals surface area contributed by atoms with E-state index in [4.69, 9.17) is 4.65 Å². The topological polar surface area (TPSA) is 46.5 Å². The molecular formula is C13H17BO3. The molecule has 0 unspecified atom stereocenters. The van der Waals surface area contributed by atoms with Crippen molar-refractivity contribution in [2.75, 3.05) is 6.61 Å². The normalized spacial score (nSPS) is 15.6. The van der Waals surface area contributed by atoms with E-state index in [1.165, 1.54) is 0 Å². The van der Waals surface area contributed by atoms with Crippen molar-refractivity contribution in [1.82, 2.24) is 0 Å². The van der Waals surface area contributed by atoms with E-state index in [1.807, 2.05) is 32.9 Å². The fraction of sp³-hybridized carbons (Fsp3) is 0.462. The fourth-order valence-corrected chi connectivity index (χ4v) is 2.00. The summed E-state index contributed by atoms with van der Waals surface area (Å²) in [7, 11) is -0.897. The van der Waals surface area contributed by atoms with Crippen molar-refractivity contribution in [1.29, 1.82) is 0 Å². The minimum absolute atomic E-state index is 0.0815. The first-order valence-corrected chi connectivity index (χ1v) is 5.87. The lowest BCUT2D eigenvalue weighted by atomic mass is 9.72. The van der Waals surface area contributed by atoms with Gasteiger partial charge in [0.25, 0.3) is 0 Å². The molecule has 0 aromatic heterocycles. The van der Waals surface area contributed by atoms with Gasteiger partial charge < -0.3 is 9.68 Å². The smallest absolute Gasteiger partial charge is 0.423 e. The Morgan fingerprint density at radius 2 is 2.12 bits per heavy atom. The van der Waals surface area contributed by atoms with Gasteiger partial charge in [0.2, 0.25) is 0 Å². The van der Waals surface area contributed by atoms with E-state index in [-0.39, 0.29) is 5.78 Å². The van der Waals surface area contributed by atoms with Gasteiger partial charge in [0.15, 0.2) is 5.78 Å². The lowest BCUT2D eigenvalue weighted by Gasteiger charge is -2.21. The van der Waals surface area contributed by atoms with Crippen molar-refractivity contribution in [2.45, 2.75) is 27.2 Å². The number of carbonyl (C=O) groups is 1. The second kappa shape index (κ2) is 4.28. The zero-order chi connectivity index (χ0) is 12.6. The maximum atomic E-state index is 12.1. The Morgan fingerprint density at radius 3 is 2.76 bits per heavy atom. The molecule has 1 aromatic rings. The average Bonchev–Trinajstić information content (AvgIpc) is 2.27. The minimum Gasteiger partial charge on any atom is -0.423 e. The Morgan fingerprint density at radius 1 is 1.41 bits per heavy atom. The largest absolute Gasteiger partial charge is 0.491 e. The predicted octanol–water partition coefficient (Wildman–Crippen LogP) is 1.18. The molecule has 1 aliphatic heterocycles. The van der Waals surface area contributed by atoms with E-state index in [0.717, 1.165) is 17.4 Å². The SMILES string of the molecule is CC(C)(C)C(=O)c1ccc2c(c1)B(O)OCC2. The minimum atomic E-state index is -0.897. The molecule has 1 aromatic carbocycles. The van der Waals surface area contributed by atoms with Gasteiger partial charge in [0, 0.05) is 17.6 Å². The van der Waals surface area contributed by atoms with Crippen molar-refractivity contribution in [3.05, 3.63) is 29.3 Å². The van der Waals surface area contributed by atoms with Crippen LogP contribution in [0, 0.1) is 5.41 Å². The Bertz CT molecular complexity index is 448. The molecule has 0 bridgehead atoms. The van der Waals surface area contributed by atoms with Crippen LogP contribution in [0.5, 0.6) is 0 Å². The van der Waals surface area contributed by atoms with Crippen LogP contribution in [0.3, 0.4) is 0 Å². The van der Waals surface area contributed by atoms with E-state index < -0.39 is 12.5 Å². The molecule has 3 nitrogen and oxygen atoms in total. The molecule has 0 fully saturated rings. The van der Waals surface area contributed by atoms with Crippen LogP contribution in [0.1, 0.15) is 36.7 Å². The Kier molecular flexibility index (Phi) is 3.10. The van der Waals surface area contributed by atoms with Gasteiger partial charge in [-0.3, -0.25) is 4.79 Å². The molecule has 1 N–H and O–H groups in total. The van der Waals surface area contributed by atoms with Crippen LogP contribution < -0.4 is 5.46 Å².